The molecule has 1 heterocycles. The maximum absolute atomic E-state index is 11.8. The maximum atomic E-state index is 11.8. The van der Waals surface area contributed by atoms with E-state index in [0.717, 1.165) is 9.88 Å². The second-order valence-electron chi connectivity index (χ2n) is 4.46. The van der Waals surface area contributed by atoms with Crippen LogP contribution in [0.1, 0.15) is 25.8 Å². The topological polar surface area (TPSA) is 91.3 Å². The van der Waals surface area contributed by atoms with Crippen molar-refractivity contribution < 1.29 is 14.7 Å². The highest BCUT2D eigenvalue weighted by molar-refractivity contribution is 7.11. The molecule has 0 fully saturated rings. The summed E-state index contributed by atoms with van der Waals surface area (Å²) in [6.45, 7) is 3.94. The number of urea groups is 1. The zero-order chi connectivity index (χ0) is 15.4. The number of rotatable bonds is 4. The van der Waals surface area contributed by atoms with Crippen LogP contribution in [-0.2, 0) is 6.54 Å². The molecule has 0 radical (unpaired) electrons. The highest BCUT2D eigenvalue weighted by atomic mass is 32.1. The van der Waals surface area contributed by atoms with Crippen LogP contribution in [0.15, 0.2) is 24.4 Å². The van der Waals surface area contributed by atoms with Gasteiger partial charge in [-0.2, -0.15) is 0 Å². The second kappa shape index (κ2) is 6.36. The number of anilines is 1. The fourth-order valence-corrected chi connectivity index (χ4v) is 2.54. The molecule has 0 saturated heterocycles. The number of thiazole rings is 1. The summed E-state index contributed by atoms with van der Waals surface area (Å²) in [6, 6.07) is 4.36. The Morgan fingerprint density at radius 2 is 2.10 bits per heavy atom. The minimum atomic E-state index is -1.02. The van der Waals surface area contributed by atoms with Crippen molar-refractivity contribution in [2.75, 3.05) is 5.32 Å². The van der Waals surface area contributed by atoms with E-state index >= 15 is 0 Å². The van der Waals surface area contributed by atoms with E-state index in [9.17, 15) is 9.59 Å². The second-order valence-corrected chi connectivity index (χ2v) is 5.77. The number of carbonyl (C=O) groups excluding carboxylic acids is 1. The van der Waals surface area contributed by atoms with Gasteiger partial charge in [-0.1, -0.05) is 6.07 Å². The Kier molecular flexibility index (Phi) is 4.54. The minimum absolute atomic E-state index is 0.170. The van der Waals surface area contributed by atoms with Gasteiger partial charge in [-0.05, 0) is 31.5 Å². The molecule has 0 aliphatic carbocycles. The number of aromatic nitrogens is 1. The van der Waals surface area contributed by atoms with Crippen LogP contribution in [0.3, 0.4) is 0 Å². The highest BCUT2D eigenvalue weighted by Gasteiger charge is 2.12. The van der Waals surface area contributed by atoms with Crippen LogP contribution in [-0.4, -0.2) is 22.1 Å². The summed E-state index contributed by atoms with van der Waals surface area (Å²) in [5.74, 6) is -1.02. The van der Waals surface area contributed by atoms with Crippen molar-refractivity contribution >= 4 is 29.0 Å². The molecule has 3 N–H and O–H groups in total. The molecule has 7 heteroatoms. The smallest absolute Gasteiger partial charge is 0.336 e. The van der Waals surface area contributed by atoms with Gasteiger partial charge in [0.15, 0.2) is 0 Å². The zero-order valence-electron chi connectivity index (χ0n) is 11.6. The third kappa shape index (κ3) is 3.79. The lowest BCUT2D eigenvalue weighted by Gasteiger charge is -2.10. The van der Waals surface area contributed by atoms with Gasteiger partial charge in [0.2, 0.25) is 0 Å². The number of carbonyl (C=O) groups is 2. The molecular formula is C14H15N3O3S. The van der Waals surface area contributed by atoms with Crippen molar-refractivity contribution in [3.8, 4) is 0 Å². The third-order valence-electron chi connectivity index (χ3n) is 2.88. The number of carboxylic acid groups (broad SMARTS) is 1. The molecule has 1 aromatic heterocycles. The number of amides is 2. The lowest BCUT2D eigenvalue weighted by molar-refractivity contribution is 0.0696. The molecule has 0 atom stereocenters. The Balaban J connectivity index is 1.99. The molecule has 0 aliphatic rings. The monoisotopic (exact) mass is 305 g/mol. The van der Waals surface area contributed by atoms with Gasteiger partial charge in [0.25, 0.3) is 0 Å². The first-order valence-corrected chi connectivity index (χ1v) is 7.08. The zero-order valence-corrected chi connectivity index (χ0v) is 12.5. The molecule has 0 unspecified atom stereocenters. The van der Waals surface area contributed by atoms with Crippen LogP contribution >= 0.6 is 11.3 Å². The van der Waals surface area contributed by atoms with Gasteiger partial charge < -0.3 is 15.7 Å². The van der Waals surface area contributed by atoms with Crippen molar-refractivity contribution in [2.45, 2.75) is 20.4 Å². The van der Waals surface area contributed by atoms with E-state index in [4.69, 9.17) is 5.11 Å². The molecule has 110 valence electrons. The summed E-state index contributed by atoms with van der Waals surface area (Å²) >= 11 is 1.51. The molecule has 0 spiro atoms. The molecule has 21 heavy (non-hydrogen) atoms. The van der Waals surface area contributed by atoms with Gasteiger partial charge in [-0.25, -0.2) is 14.6 Å². The number of nitrogens with one attached hydrogen (secondary N) is 2. The van der Waals surface area contributed by atoms with E-state index in [1.54, 1.807) is 25.3 Å². The molecule has 2 rings (SSSR count). The predicted molar refractivity (Wildman–Crippen MR) is 80.8 cm³/mol. The summed E-state index contributed by atoms with van der Waals surface area (Å²) < 4.78 is 0. The molecule has 0 saturated carbocycles. The van der Waals surface area contributed by atoms with E-state index in [0.29, 0.717) is 17.8 Å². The summed E-state index contributed by atoms with van der Waals surface area (Å²) in [4.78, 5) is 28.1. The van der Waals surface area contributed by atoms with Crippen molar-refractivity contribution in [2.24, 2.45) is 0 Å². The lowest BCUT2D eigenvalue weighted by atomic mass is 10.1. The fraction of sp³-hybridized carbons (Fsp3) is 0.214. The van der Waals surface area contributed by atoms with Crippen LogP contribution in [0.2, 0.25) is 0 Å². The summed E-state index contributed by atoms with van der Waals surface area (Å²) in [5.41, 5.74) is 1.16. The van der Waals surface area contributed by atoms with Crippen LogP contribution in [0.25, 0.3) is 0 Å². The van der Waals surface area contributed by atoms with Crippen LogP contribution < -0.4 is 10.6 Å². The van der Waals surface area contributed by atoms with Crippen LogP contribution in [0.5, 0.6) is 0 Å². The van der Waals surface area contributed by atoms with Crippen molar-refractivity contribution in [3.63, 3.8) is 0 Å². The molecule has 0 aliphatic heterocycles. The first-order chi connectivity index (χ1) is 9.97. The quantitative estimate of drug-likeness (QED) is 0.810. The molecular weight excluding hydrogens is 290 g/mol. The lowest BCUT2D eigenvalue weighted by Crippen LogP contribution is -2.28. The van der Waals surface area contributed by atoms with Crippen LogP contribution in [0.4, 0.5) is 10.5 Å². The molecule has 2 aromatic rings. The number of aryl methyl sites for hydroxylation is 1. The Hall–Kier alpha value is -2.41. The SMILES string of the molecule is Cc1cnc(CNC(=O)Nc2cccc(C(=O)O)c2C)s1. The van der Waals surface area contributed by atoms with Crippen LogP contribution in [0, 0.1) is 13.8 Å². The predicted octanol–water partition coefficient (Wildman–Crippen LogP) is 2.78. The number of hydrogen-bond acceptors (Lipinski definition) is 4. The third-order valence-corrected chi connectivity index (χ3v) is 3.79. The molecule has 0 bridgehead atoms. The van der Waals surface area contributed by atoms with Gasteiger partial charge in [0.05, 0.1) is 12.1 Å². The van der Waals surface area contributed by atoms with E-state index in [2.05, 4.69) is 15.6 Å². The number of carboxylic acids is 1. The van der Waals surface area contributed by atoms with Gasteiger partial charge in [-0.15, -0.1) is 11.3 Å². The average Bonchev–Trinajstić information content (AvgIpc) is 2.84. The Morgan fingerprint density at radius 3 is 2.71 bits per heavy atom. The standard InChI is InChI=1S/C14H15N3O3S/c1-8-6-15-12(21-8)7-16-14(20)17-11-5-3-4-10(9(11)2)13(18)19/h3-6H,7H2,1-2H3,(H,18,19)(H2,16,17,20). The summed E-state index contributed by atoms with van der Waals surface area (Å²) in [7, 11) is 0. The Bertz CT molecular complexity index is 682. The first-order valence-electron chi connectivity index (χ1n) is 6.26. The highest BCUT2D eigenvalue weighted by Crippen LogP contribution is 2.19. The number of benzene rings is 1. The normalized spacial score (nSPS) is 10.2. The molecule has 6 nitrogen and oxygen atoms in total. The molecule has 2 amide bonds. The summed E-state index contributed by atoms with van der Waals surface area (Å²) in [5, 5.41) is 15.2. The van der Waals surface area contributed by atoms with Crippen molar-refractivity contribution in [1.82, 2.24) is 10.3 Å². The molecule has 1 aromatic carbocycles. The fourth-order valence-electron chi connectivity index (χ4n) is 1.81. The summed E-state index contributed by atoms with van der Waals surface area (Å²) in [6.07, 6.45) is 1.75. The van der Waals surface area contributed by atoms with Gasteiger partial charge in [-0.3, -0.25) is 0 Å². The number of aromatic carboxylic acids is 1. The number of hydrogen-bond donors (Lipinski definition) is 3. The largest absolute Gasteiger partial charge is 0.478 e. The van der Waals surface area contributed by atoms with E-state index in [-0.39, 0.29) is 5.56 Å². The Labute approximate surface area is 125 Å². The van der Waals surface area contributed by atoms with Gasteiger partial charge in [0, 0.05) is 16.8 Å². The van der Waals surface area contributed by atoms with E-state index in [1.165, 1.54) is 17.4 Å². The maximum Gasteiger partial charge on any atom is 0.336 e. The average molecular weight is 305 g/mol. The van der Waals surface area contributed by atoms with E-state index in [1.807, 2.05) is 6.92 Å². The van der Waals surface area contributed by atoms with E-state index < -0.39 is 12.0 Å². The minimum Gasteiger partial charge on any atom is -0.478 e. The van der Waals surface area contributed by atoms with Gasteiger partial charge >= 0.3 is 12.0 Å². The van der Waals surface area contributed by atoms with Crippen molar-refractivity contribution in [1.29, 1.82) is 0 Å². The van der Waals surface area contributed by atoms with Crippen molar-refractivity contribution in [3.05, 3.63) is 45.4 Å². The number of nitrogens with zero attached hydrogens (tertiary/aromatic N) is 1. The van der Waals surface area contributed by atoms with Gasteiger partial charge in [0.1, 0.15) is 5.01 Å². The Morgan fingerprint density at radius 1 is 1.33 bits per heavy atom. The first kappa shape index (κ1) is 15.0.